The van der Waals surface area contributed by atoms with Gasteiger partial charge in [0.05, 0.1) is 7.11 Å². The van der Waals surface area contributed by atoms with Gasteiger partial charge >= 0.3 is 0 Å². The lowest BCUT2D eigenvalue weighted by Crippen LogP contribution is -2.00. The molecular formula is C14H15BrN2O. The Morgan fingerprint density at radius 2 is 1.89 bits per heavy atom. The van der Waals surface area contributed by atoms with Gasteiger partial charge in [0.15, 0.2) is 0 Å². The Bertz CT molecular complexity index is 490. The fourth-order valence-electron chi connectivity index (χ4n) is 1.79. The predicted molar refractivity (Wildman–Crippen MR) is 75.0 cm³/mol. The van der Waals surface area contributed by atoms with Gasteiger partial charge in [-0.15, -0.1) is 0 Å². The third-order valence-corrected chi connectivity index (χ3v) is 3.71. The number of hydrogen-bond acceptors (Lipinski definition) is 3. The molecule has 0 aliphatic carbocycles. The van der Waals surface area contributed by atoms with Crippen LogP contribution in [-0.4, -0.2) is 17.1 Å². The molecular weight excluding hydrogens is 292 g/mol. The highest BCUT2D eigenvalue weighted by Crippen LogP contribution is 2.28. The number of nitrogens with zero attached hydrogens (tertiary/aromatic N) is 2. The number of alkyl halides is 1. The zero-order chi connectivity index (χ0) is 12.8. The molecule has 0 bridgehead atoms. The molecule has 3 nitrogen and oxygen atoms in total. The average molecular weight is 307 g/mol. The lowest BCUT2D eigenvalue weighted by atomic mass is 10.1. The summed E-state index contributed by atoms with van der Waals surface area (Å²) < 4.78 is 5.19. The van der Waals surface area contributed by atoms with E-state index in [0.29, 0.717) is 10.7 Å². The fourth-order valence-corrected chi connectivity index (χ4v) is 2.32. The highest BCUT2D eigenvalue weighted by Gasteiger charge is 2.10. The van der Waals surface area contributed by atoms with E-state index in [0.717, 1.165) is 18.5 Å². The molecule has 0 aliphatic rings. The number of methoxy groups -OCH3 is 1. The first-order valence-corrected chi connectivity index (χ1v) is 6.75. The van der Waals surface area contributed by atoms with E-state index in [1.54, 1.807) is 19.5 Å². The summed E-state index contributed by atoms with van der Waals surface area (Å²) in [5.41, 5.74) is 2.18. The summed E-state index contributed by atoms with van der Waals surface area (Å²) >= 11 is 3.70. The van der Waals surface area contributed by atoms with Crippen molar-refractivity contribution in [2.45, 2.75) is 17.7 Å². The maximum absolute atomic E-state index is 5.19. The van der Waals surface area contributed by atoms with Crippen molar-refractivity contribution in [1.82, 2.24) is 9.97 Å². The fraction of sp³-hybridized carbons (Fsp3) is 0.286. The van der Waals surface area contributed by atoms with Crippen molar-refractivity contribution in [3.8, 4) is 5.88 Å². The van der Waals surface area contributed by atoms with Crippen LogP contribution in [0.5, 0.6) is 5.88 Å². The van der Waals surface area contributed by atoms with Gasteiger partial charge in [-0.25, -0.2) is 4.98 Å². The number of benzene rings is 1. The SMILES string of the molecule is COc1nccnc1CCC(Br)c1ccccc1. The van der Waals surface area contributed by atoms with E-state index >= 15 is 0 Å². The van der Waals surface area contributed by atoms with Crippen LogP contribution in [0.4, 0.5) is 0 Å². The van der Waals surface area contributed by atoms with Crippen LogP contribution in [0.25, 0.3) is 0 Å². The van der Waals surface area contributed by atoms with E-state index in [4.69, 9.17) is 4.74 Å². The quantitative estimate of drug-likeness (QED) is 0.792. The second-order valence-corrected chi connectivity index (χ2v) is 5.03. The second kappa shape index (κ2) is 6.50. The van der Waals surface area contributed by atoms with Gasteiger partial charge in [-0.3, -0.25) is 4.98 Å². The summed E-state index contributed by atoms with van der Waals surface area (Å²) in [7, 11) is 1.62. The van der Waals surface area contributed by atoms with Gasteiger partial charge in [0.2, 0.25) is 5.88 Å². The molecule has 2 aromatic rings. The Hall–Kier alpha value is -1.42. The Kier molecular flexibility index (Phi) is 4.70. The van der Waals surface area contributed by atoms with Crippen LogP contribution in [0.2, 0.25) is 0 Å². The van der Waals surface area contributed by atoms with Crippen LogP contribution in [-0.2, 0) is 6.42 Å². The summed E-state index contributed by atoms with van der Waals surface area (Å²) in [6.07, 6.45) is 5.13. The minimum absolute atomic E-state index is 0.324. The van der Waals surface area contributed by atoms with Crippen LogP contribution in [0.3, 0.4) is 0 Å². The molecule has 0 N–H and O–H groups in total. The van der Waals surface area contributed by atoms with Gasteiger partial charge in [0.25, 0.3) is 0 Å². The molecule has 0 spiro atoms. The zero-order valence-corrected chi connectivity index (χ0v) is 11.8. The molecule has 0 saturated carbocycles. The normalized spacial score (nSPS) is 12.1. The van der Waals surface area contributed by atoms with Crippen molar-refractivity contribution in [1.29, 1.82) is 0 Å². The minimum atomic E-state index is 0.324. The molecule has 1 unspecified atom stereocenters. The topological polar surface area (TPSA) is 35.0 Å². The lowest BCUT2D eigenvalue weighted by Gasteiger charge is -2.10. The molecule has 1 atom stereocenters. The van der Waals surface area contributed by atoms with E-state index < -0.39 is 0 Å². The third-order valence-electron chi connectivity index (χ3n) is 2.72. The van der Waals surface area contributed by atoms with Crippen LogP contribution in [0, 0.1) is 0 Å². The van der Waals surface area contributed by atoms with Crippen molar-refractivity contribution in [3.63, 3.8) is 0 Å². The average Bonchev–Trinajstić information content (AvgIpc) is 2.46. The van der Waals surface area contributed by atoms with Crippen molar-refractivity contribution in [3.05, 3.63) is 54.0 Å². The molecule has 94 valence electrons. The Morgan fingerprint density at radius 1 is 1.17 bits per heavy atom. The van der Waals surface area contributed by atoms with E-state index in [1.165, 1.54) is 5.56 Å². The van der Waals surface area contributed by atoms with Crippen LogP contribution in [0.1, 0.15) is 22.5 Å². The van der Waals surface area contributed by atoms with E-state index in [2.05, 4.69) is 38.0 Å². The summed E-state index contributed by atoms with van der Waals surface area (Å²) in [4.78, 5) is 8.78. The molecule has 0 saturated heterocycles. The van der Waals surface area contributed by atoms with E-state index in [-0.39, 0.29) is 0 Å². The Labute approximate surface area is 115 Å². The van der Waals surface area contributed by atoms with E-state index in [1.807, 2.05) is 18.2 Å². The van der Waals surface area contributed by atoms with Gasteiger partial charge in [-0.05, 0) is 18.4 Å². The van der Waals surface area contributed by atoms with Gasteiger partial charge in [-0.2, -0.15) is 0 Å². The zero-order valence-electron chi connectivity index (χ0n) is 10.2. The maximum Gasteiger partial charge on any atom is 0.235 e. The number of aryl methyl sites for hydroxylation is 1. The summed E-state index contributed by atoms with van der Waals surface area (Å²) in [6.45, 7) is 0. The Balaban J connectivity index is 1.99. The first-order chi connectivity index (χ1) is 8.81. The number of aromatic nitrogens is 2. The van der Waals surface area contributed by atoms with Crippen molar-refractivity contribution < 1.29 is 4.74 Å². The number of hydrogen-bond donors (Lipinski definition) is 0. The monoisotopic (exact) mass is 306 g/mol. The molecule has 1 heterocycles. The van der Waals surface area contributed by atoms with Gasteiger partial charge in [0.1, 0.15) is 5.69 Å². The molecule has 2 rings (SSSR count). The van der Waals surface area contributed by atoms with Crippen LogP contribution < -0.4 is 4.74 Å². The van der Waals surface area contributed by atoms with E-state index in [9.17, 15) is 0 Å². The molecule has 1 aromatic heterocycles. The summed E-state index contributed by atoms with van der Waals surface area (Å²) in [6, 6.07) is 10.4. The maximum atomic E-state index is 5.19. The lowest BCUT2D eigenvalue weighted by molar-refractivity contribution is 0.388. The molecule has 0 fully saturated rings. The standard InChI is InChI=1S/C14H15BrN2O/c1-18-14-13(16-9-10-17-14)8-7-12(15)11-5-3-2-4-6-11/h2-6,9-10,12H,7-8H2,1H3. The molecule has 1 aromatic carbocycles. The van der Waals surface area contributed by atoms with Gasteiger partial charge < -0.3 is 4.74 Å². The summed E-state index contributed by atoms with van der Waals surface area (Å²) in [5.74, 6) is 0.616. The highest BCUT2D eigenvalue weighted by atomic mass is 79.9. The van der Waals surface area contributed by atoms with Crippen molar-refractivity contribution in [2.75, 3.05) is 7.11 Å². The first kappa shape index (κ1) is 13.0. The van der Waals surface area contributed by atoms with Gasteiger partial charge in [0, 0.05) is 17.2 Å². The van der Waals surface area contributed by atoms with Crippen molar-refractivity contribution >= 4 is 15.9 Å². The number of halogens is 1. The van der Waals surface area contributed by atoms with Gasteiger partial charge in [-0.1, -0.05) is 46.3 Å². The first-order valence-electron chi connectivity index (χ1n) is 5.84. The molecule has 0 aliphatic heterocycles. The van der Waals surface area contributed by atoms with Crippen LogP contribution in [0.15, 0.2) is 42.7 Å². The molecule has 18 heavy (non-hydrogen) atoms. The highest BCUT2D eigenvalue weighted by molar-refractivity contribution is 9.09. The summed E-state index contributed by atoms with van der Waals surface area (Å²) in [5, 5.41) is 0. The molecule has 0 radical (unpaired) electrons. The largest absolute Gasteiger partial charge is 0.480 e. The number of ether oxygens (including phenoxy) is 1. The van der Waals surface area contributed by atoms with Crippen LogP contribution >= 0.6 is 15.9 Å². The molecule has 0 amide bonds. The number of rotatable bonds is 5. The minimum Gasteiger partial charge on any atom is -0.480 e. The van der Waals surface area contributed by atoms with Crippen molar-refractivity contribution in [2.24, 2.45) is 0 Å². The third kappa shape index (κ3) is 3.29. The second-order valence-electron chi connectivity index (χ2n) is 3.93. The Morgan fingerprint density at radius 3 is 2.61 bits per heavy atom. The predicted octanol–water partition coefficient (Wildman–Crippen LogP) is 3.55. The molecule has 4 heteroatoms. The smallest absolute Gasteiger partial charge is 0.235 e.